The number of carbonyl (C=O) groups excluding carboxylic acids is 2. The van der Waals surface area contributed by atoms with E-state index in [9.17, 15) is 19.5 Å². The van der Waals surface area contributed by atoms with E-state index in [-0.39, 0.29) is 34.0 Å². The van der Waals surface area contributed by atoms with Crippen LogP contribution in [0.1, 0.15) is 80.1 Å². The average Bonchev–Trinajstić information content (AvgIpc) is 2.69. The first-order valence-corrected chi connectivity index (χ1v) is 12.1. The number of Topliss-reactive ketones (excluding diaryl/α,β-unsaturated/α-hetero) is 1. The third-order valence-electron chi connectivity index (χ3n) is 8.64. The zero-order valence-corrected chi connectivity index (χ0v) is 20.5. The number of allylic oxidation sites excluding steroid dienone is 5. The highest BCUT2D eigenvalue weighted by Gasteiger charge is 2.53. The monoisotopic (exact) mass is 441 g/mol. The zero-order valence-electron chi connectivity index (χ0n) is 20.5. The van der Waals surface area contributed by atoms with E-state index in [1.807, 2.05) is 13.8 Å². The van der Waals surface area contributed by atoms with Gasteiger partial charge in [0.25, 0.3) is 0 Å². The normalized spacial score (nSPS) is 33.8. The lowest BCUT2D eigenvalue weighted by atomic mass is 9.46. The lowest BCUT2D eigenvalue weighted by molar-refractivity contribution is -0.139. The highest BCUT2D eigenvalue weighted by molar-refractivity contribution is 6.20. The van der Waals surface area contributed by atoms with Gasteiger partial charge in [-0.3, -0.25) is 9.59 Å². The van der Waals surface area contributed by atoms with Crippen LogP contribution in [-0.4, -0.2) is 28.7 Å². The third kappa shape index (κ3) is 4.49. The molecule has 1 fully saturated rings. The minimum Gasteiger partial charge on any atom is -0.480 e. The molecular formula is C27H39NO4. The van der Waals surface area contributed by atoms with Gasteiger partial charge in [0.2, 0.25) is 5.78 Å². The van der Waals surface area contributed by atoms with Crippen molar-refractivity contribution >= 4 is 17.5 Å². The molecule has 5 atom stereocenters. The molecule has 0 amide bonds. The number of hydrogen-bond donors (Lipinski definition) is 2. The van der Waals surface area contributed by atoms with Crippen molar-refractivity contribution in [2.24, 2.45) is 28.6 Å². The topological polar surface area (TPSA) is 83.5 Å². The van der Waals surface area contributed by atoms with Crippen LogP contribution in [0, 0.1) is 28.6 Å². The van der Waals surface area contributed by atoms with E-state index in [4.69, 9.17) is 0 Å². The summed E-state index contributed by atoms with van der Waals surface area (Å²) in [6.07, 6.45) is 10.4. The van der Waals surface area contributed by atoms with Gasteiger partial charge in [-0.15, -0.1) is 0 Å². The van der Waals surface area contributed by atoms with Gasteiger partial charge in [-0.2, -0.15) is 0 Å². The summed E-state index contributed by atoms with van der Waals surface area (Å²) < 4.78 is 0. The molecule has 1 saturated carbocycles. The van der Waals surface area contributed by atoms with Crippen molar-refractivity contribution in [1.82, 2.24) is 5.32 Å². The average molecular weight is 442 g/mol. The predicted molar refractivity (Wildman–Crippen MR) is 126 cm³/mol. The lowest BCUT2D eigenvalue weighted by Crippen LogP contribution is -2.50. The molecule has 3 rings (SSSR count). The summed E-state index contributed by atoms with van der Waals surface area (Å²) >= 11 is 0. The molecule has 5 nitrogen and oxygen atoms in total. The summed E-state index contributed by atoms with van der Waals surface area (Å²) in [5.74, 6) is -0.457. The van der Waals surface area contributed by atoms with Gasteiger partial charge in [0.15, 0.2) is 5.78 Å². The fraction of sp³-hybridized carbons (Fsp3) is 0.667. The van der Waals surface area contributed by atoms with Gasteiger partial charge in [0.1, 0.15) is 6.04 Å². The minimum absolute atomic E-state index is 0.100. The SMILES string of the molecule is CC1=CCC[C@H]2[C@](C)(CC3=CC(=O)C=C(N[C@@H](CC(C)C)C(=O)O)C3=O)[C@@H](C)CC[C@]12C. The number of fused-ring (bicyclic) bond motifs is 1. The van der Waals surface area contributed by atoms with E-state index in [1.54, 1.807) is 0 Å². The van der Waals surface area contributed by atoms with E-state index < -0.39 is 12.0 Å². The fourth-order valence-corrected chi connectivity index (χ4v) is 6.40. The van der Waals surface area contributed by atoms with E-state index >= 15 is 0 Å². The van der Waals surface area contributed by atoms with Crippen molar-refractivity contribution in [3.8, 4) is 0 Å². The number of aliphatic carboxylic acids is 1. The van der Waals surface area contributed by atoms with Crippen molar-refractivity contribution in [2.75, 3.05) is 0 Å². The standard InChI is InChI=1S/C27H39NO4/c1-16(2)12-22(25(31)32)28-21-14-20(29)13-19(24(21)30)15-27(6)18(4)10-11-26(5)17(3)8-7-9-23(26)27/h8,13-14,16,18,22-23,28H,7,9-12,15H2,1-6H3,(H,31,32)/t18-,22-,23+,26+,27+/m0/s1. The number of carboxylic acid groups (broad SMARTS) is 1. The van der Waals surface area contributed by atoms with Gasteiger partial charge >= 0.3 is 5.97 Å². The summed E-state index contributed by atoms with van der Waals surface area (Å²) in [5, 5.41) is 12.5. The number of carbonyl (C=O) groups is 3. The smallest absolute Gasteiger partial charge is 0.326 e. The maximum atomic E-state index is 13.4. The Bertz CT molecular complexity index is 895. The molecule has 0 aromatic rings. The quantitative estimate of drug-likeness (QED) is 0.418. The van der Waals surface area contributed by atoms with Crippen LogP contribution < -0.4 is 5.32 Å². The molecule has 0 aromatic carbocycles. The second kappa shape index (κ2) is 8.99. The van der Waals surface area contributed by atoms with E-state index in [0.29, 0.717) is 30.3 Å². The van der Waals surface area contributed by atoms with Crippen molar-refractivity contribution in [2.45, 2.75) is 86.1 Å². The van der Waals surface area contributed by atoms with Gasteiger partial charge in [-0.1, -0.05) is 46.3 Å². The molecule has 0 saturated heterocycles. The van der Waals surface area contributed by atoms with Crippen molar-refractivity contribution in [3.63, 3.8) is 0 Å². The highest BCUT2D eigenvalue weighted by Crippen LogP contribution is 2.62. The number of nitrogens with one attached hydrogen (secondary N) is 1. The summed E-state index contributed by atoms with van der Waals surface area (Å²) in [5.41, 5.74) is 2.11. The molecule has 0 radical (unpaired) electrons. The van der Waals surface area contributed by atoms with Crippen molar-refractivity contribution < 1.29 is 19.5 Å². The Morgan fingerprint density at radius 1 is 1.22 bits per heavy atom. The molecule has 0 heterocycles. The van der Waals surface area contributed by atoms with Crippen molar-refractivity contribution in [1.29, 1.82) is 0 Å². The first-order chi connectivity index (χ1) is 14.9. The van der Waals surface area contributed by atoms with Crippen LogP contribution in [0.25, 0.3) is 0 Å². The Morgan fingerprint density at radius 2 is 1.91 bits per heavy atom. The second-order valence-corrected chi connectivity index (χ2v) is 11.2. The Hall–Kier alpha value is -2.17. The lowest BCUT2D eigenvalue weighted by Gasteiger charge is -2.58. The number of ketones is 2. The van der Waals surface area contributed by atoms with Crippen LogP contribution >= 0.6 is 0 Å². The Kier molecular flexibility index (Phi) is 6.88. The molecule has 2 N–H and O–H groups in total. The molecule has 0 unspecified atom stereocenters. The van der Waals surface area contributed by atoms with Gasteiger partial charge in [-0.05, 0) is 80.1 Å². The first kappa shape index (κ1) is 24.5. The zero-order chi connectivity index (χ0) is 23.8. The van der Waals surface area contributed by atoms with E-state index in [0.717, 1.165) is 25.7 Å². The molecule has 3 aliphatic rings. The molecule has 0 spiro atoms. The molecule has 32 heavy (non-hydrogen) atoms. The Labute approximate surface area is 192 Å². The van der Waals surface area contributed by atoms with Crippen LogP contribution in [0.15, 0.2) is 35.1 Å². The maximum absolute atomic E-state index is 13.4. The first-order valence-electron chi connectivity index (χ1n) is 12.1. The Morgan fingerprint density at radius 3 is 2.53 bits per heavy atom. The predicted octanol–water partition coefficient (Wildman–Crippen LogP) is 5.23. The van der Waals surface area contributed by atoms with Crippen LogP contribution in [0.3, 0.4) is 0 Å². The van der Waals surface area contributed by atoms with Gasteiger partial charge < -0.3 is 10.4 Å². The van der Waals surface area contributed by atoms with Gasteiger partial charge in [0.05, 0.1) is 5.70 Å². The summed E-state index contributed by atoms with van der Waals surface area (Å²) in [6.45, 7) is 13.1. The van der Waals surface area contributed by atoms with Gasteiger partial charge in [-0.25, -0.2) is 4.79 Å². The van der Waals surface area contributed by atoms with Crippen LogP contribution in [0.2, 0.25) is 0 Å². The molecule has 3 aliphatic carbocycles. The number of hydrogen-bond acceptors (Lipinski definition) is 4. The van der Waals surface area contributed by atoms with Gasteiger partial charge in [0, 0.05) is 11.6 Å². The van der Waals surface area contributed by atoms with Crippen LogP contribution in [0.4, 0.5) is 0 Å². The van der Waals surface area contributed by atoms with E-state index in [2.05, 4.69) is 39.1 Å². The molecule has 5 heteroatoms. The molecule has 0 aromatic heterocycles. The summed E-state index contributed by atoms with van der Waals surface area (Å²) in [7, 11) is 0. The highest BCUT2D eigenvalue weighted by atomic mass is 16.4. The summed E-state index contributed by atoms with van der Waals surface area (Å²) in [6, 6.07) is -0.893. The second-order valence-electron chi connectivity index (χ2n) is 11.2. The molecule has 176 valence electrons. The fourth-order valence-electron chi connectivity index (χ4n) is 6.40. The van der Waals surface area contributed by atoms with Crippen LogP contribution in [-0.2, 0) is 14.4 Å². The number of carboxylic acids is 1. The van der Waals surface area contributed by atoms with Crippen molar-refractivity contribution in [3.05, 3.63) is 35.1 Å². The molecule has 0 bridgehead atoms. The molecular weight excluding hydrogens is 402 g/mol. The largest absolute Gasteiger partial charge is 0.480 e. The van der Waals surface area contributed by atoms with Crippen LogP contribution in [0.5, 0.6) is 0 Å². The van der Waals surface area contributed by atoms with E-state index in [1.165, 1.54) is 17.7 Å². The maximum Gasteiger partial charge on any atom is 0.326 e. The molecule has 0 aliphatic heterocycles. The summed E-state index contributed by atoms with van der Waals surface area (Å²) in [4.78, 5) is 37.6. The minimum atomic E-state index is -1.01. The number of rotatable bonds is 7. The Balaban J connectivity index is 1.86. The third-order valence-corrected chi connectivity index (χ3v) is 8.64.